The van der Waals surface area contributed by atoms with Gasteiger partial charge in [0.15, 0.2) is 0 Å². The summed E-state index contributed by atoms with van der Waals surface area (Å²) in [6.07, 6.45) is 12.5. The molecule has 0 atom stereocenters. The normalized spacial score (nSPS) is 13.9. The second kappa shape index (κ2) is 16.3. The summed E-state index contributed by atoms with van der Waals surface area (Å²) < 4.78 is 2.28. The summed E-state index contributed by atoms with van der Waals surface area (Å²) >= 11 is 0. The number of rotatable bonds is 14. The SMILES string of the molecule is C=C1C=C(N)C(C)=CC1=Nc1cc(C)c(NCCCCCCCCCNc2cc3c(cc2C)nc2cc(C)c(N)cc2[n+]3-c2ccccc2)cc1C. The van der Waals surface area contributed by atoms with Crippen molar-refractivity contribution in [1.29, 1.82) is 0 Å². The van der Waals surface area contributed by atoms with Gasteiger partial charge in [0.2, 0.25) is 16.7 Å². The highest BCUT2D eigenvalue weighted by Gasteiger charge is 2.22. The lowest BCUT2D eigenvalue weighted by Gasteiger charge is -2.15. The summed E-state index contributed by atoms with van der Waals surface area (Å²) in [5.74, 6) is 0. The minimum absolute atomic E-state index is 0.754. The molecule has 0 unspecified atom stereocenters. The predicted octanol–water partition coefficient (Wildman–Crippen LogP) is 10.2. The Hall–Kier alpha value is -5.43. The molecule has 1 heterocycles. The van der Waals surface area contributed by atoms with Crippen LogP contribution in [0.5, 0.6) is 0 Å². The number of nitrogen functional groups attached to an aromatic ring is 1. The number of nitrogens with one attached hydrogen (secondary N) is 2. The van der Waals surface area contributed by atoms with Gasteiger partial charge in [0.25, 0.3) is 0 Å². The maximum atomic E-state index is 6.38. The van der Waals surface area contributed by atoms with Crippen molar-refractivity contribution in [3.63, 3.8) is 0 Å². The Balaban J connectivity index is 0.948. The van der Waals surface area contributed by atoms with Crippen molar-refractivity contribution in [2.45, 2.75) is 79.6 Å². The fraction of sp³-hybridized carbons (Fsp3) is 0.311. The van der Waals surface area contributed by atoms with E-state index in [2.05, 4.69) is 103 Å². The van der Waals surface area contributed by atoms with E-state index in [1.54, 1.807) is 0 Å². The third kappa shape index (κ3) is 8.37. The van der Waals surface area contributed by atoms with E-state index in [9.17, 15) is 0 Å². The van der Waals surface area contributed by atoms with E-state index in [1.165, 1.54) is 55.3 Å². The highest BCUT2D eigenvalue weighted by molar-refractivity contribution is 6.13. The van der Waals surface area contributed by atoms with E-state index in [-0.39, 0.29) is 0 Å². The van der Waals surface area contributed by atoms with Gasteiger partial charge in [0.1, 0.15) is 11.0 Å². The molecule has 0 aliphatic heterocycles. The zero-order valence-electron chi connectivity index (χ0n) is 31.6. The minimum Gasteiger partial charge on any atom is -0.398 e. The van der Waals surface area contributed by atoms with Crippen molar-refractivity contribution < 1.29 is 4.57 Å². The highest BCUT2D eigenvalue weighted by atomic mass is 15.0. The fourth-order valence-electron chi connectivity index (χ4n) is 6.90. The first kappa shape index (κ1) is 36.4. The van der Waals surface area contributed by atoms with Crippen LogP contribution in [0.4, 0.5) is 22.7 Å². The number of anilines is 3. The summed E-state index contributed by atoms with van der Waals surface area (Å²) in [4.78, 5) is 9.95. The second-order valence-electron chi connectivity index (χ2n) is 14.4. The van der Waals surface area contributed by atoms with E-state index in [0.717, 1.165) is 98.0 Å². The van der Waals surface area contributed by atoms with Crippen molar-refractivity contribution in [2.75, 3.05) is 29.5 Å². The van der Waals surface area contributed by atoms with Crippen molar-refractivity contribution in [3.8, 4) is 5.69 Å². The van der Waals surface area contributed by atoms with Crippen LogP contribution in [-0.4, -0.2) is 23.8 Å². The molecule has 5 aromatic rings. The number of para-hydroxylation sites is 1. The van der Waals surface area contributed by atoms with Crippen molar-refractivity contribution in [1.82, 2.24) is 4.98 Å². The van der Waals surface area contributed by atoms with Crippen molar-refractivity contribution >= 4 is 50.5 Å². The fourth-order valence-corrected chi connectivity index (χ4v) is 6.90. The smallest absolute Gasteiger partial charge is 0.239 e. The van der Waals surface area contributed by atoms with Gasteiger partial charge < -0.3 is 22.1 Å². The average Bonchev–Trinajstić information content (AvgIpc) is 3.11. The van der Waals surface area contributed by atoms with Crippen LogP contribution in [0.25, 0.3) is 27.8 Å². The summed E-state index contributed by atoms with van der Waals surface area (Å²) in [6, 6.07) is 23.4. The Kier molecular flexibility index (Phi) is 11.4. The van der Waals surface area contributed by atoms with Crippen LogP contribution in [0.1, 0.15) is 74.1 Å². The molecule has 0 saturated heterocycles. The van der Waals surface area contributed by atoms with Gasteiger partial charge in [-0.25, -0.2) is 9.98 Å². The maximum Gasteiger partial charge on any atom is 0.239 e. The predicted molar refractivity (Wildman–Crippen MR) is 222 cm³/mol. The molecular weight excluding hydrogens is 639 g/mol. The number of aromatic nitrogens is 2. The van der Waals surface area contributed by atoms with Gasteiger partial charge in [-0.1, -0.05) is 56.9 Å². The van der Waals surface area contributed by atoms with E-state index >= 15 is 0 Å². The third-order valence-corrected chi connectivity index (χ3v) is 10.2. The molecular formula is C45H54N7+. The zero-order chi connectivity index (χ0) is 36.8. The molecule has 6 rings (SSSR count). The summed E-state index contributed by atoms with van der Waals surface area (Å²) in [5.41, 5.74) is 29.7. The molecule has 0 fully saturated rings. The molecule has 1 aromatic heterocycles. The molecule has 1 aliphatic carbocycles. The number of unbranched alkanes of at least 4 members (excludes halogenated alkanes) is 6. The number of allylic oxidation sites excluding steroid dienone is 4. The standard InChI is InChI=1S/C45H53N7/c1-29-22-40(31(3)21-36(29)46)50-41-25-32(4)38(24-34(41)6)48-19-15-10-8-7-9-11-16-20-49-39-28-45-43(26-33(39)5)51-42-23-30(2)37(47)27-44(42)52(45)35-17-13-12-14-18-35/h12-14,17-18,21-28,48H,3,7-11,15-16,19-20,46H2,1-2,4-6H3,(H2,47,49)/p+1. The molecule has 7 heteroatoms. The number of hydrogen-bond donors (Lipinski definition) is 4. The quantitative estimate of drug-likeness (QED) is 0.0401. The lowest BCUT2D eigenvalue weighted by molar-refractivity contribution is -0.538. The number of fused-ring (bicyclic) bond motifs is 2. The molecule has 7 nitrogen and oxygen atoms in total. The zero-order valence-corrected chi connectivity index (χ0v) is 31.6. The van der Waals surface area contributed by atoms with E-state index in [1.807, 2.05) is 32.1 Å². The Morgan fingerprint density at radius 2 is 1.23 bits per heavy atom. The lowest BCUT2D eigenvalue weighted by Crippen LogP contribution is -2.33. The number of aryl methyl sites for hydroxylation is 4. The second-order valence-corrected chi connectivity index (χ2v) is 14.4. The van der Waals surface area contributed by atoms with Crippen LogP contribution in [0, 0.1) is 27.7 Å². The lowest BCUT2D eigenvalue weighted by atomic mass is 9.99. The van der Waals surface area contributed by atoms with Gasteiger partial charge in [0, 0.05) is 60.1 Å². The van der Waals surface area contributed by atoms with Crippen LogP contribution >= 0.6 is 0 Å². The van der Waals surface area contributed by atoms with Crippen LogP contribution < -0.4 is 26.7 Å². The number of nitrogens with two attached hydrogens (primary N) is 2. The Morgan fingerprint density at radius 3 is 1.90 bits per heavy atom. The summed E-state index contributed by atoms with van der Waals surface area (Å²) in [5, 5.41) is 7.39. The summed E-state index contributed by atoms with van der Waals surface area (Å²) in [7, 11) is 0. The Labute approximate surface area is 309 Å². The van der Waals surface area contributed by atoms with E-state index in [0.29, 0.717) is 0 Å². The van der Waals surface area contributed by atoms with E-state index < -0.39 is 0 Å². The molecule has 52 heavy (non-hydrogen) atoms. The molecule has 268 valence electrons. The molecule has 0 amide bonds. The molecule has 0 radical (unpaired) electrons. The molecule has 4 aromatic carbocycles. The van der Waals surface area contributed by atoms with Crippen LogP contribution in [0.2, 0.25) is 0 Å². The van der Waals surface area contributed by atoms with Gasteiger partial charge in [-0.05, 0) is 117 Å². The van der Waals surface area contributed by atoms with Crippen LogP contribution in [0.15, 0.2) is 107 Å². The van der Waals surface area contributed by atoms with Gasteiger partial charge >= 0.3 is 0 Å². The number of nitrogens with zero attached hydrogens (tertiary/aromatic N) is 3. The van der Waals surface area contributed by atoms with Crippen molar-refractivity contribution in [3.05, 3.63) is 125 Å². The number of aliphatic imine (C=N–C) groups is 1. The molecule has 0 bridgehead atoms. The Morgan fingerprint density at radius 1 is 0.654 bits per heavy atom. The van der Waals surface area contributed by atoms with Gasteiger partial charge in [-0.2, -0.15) is 0 Å². The third-order valence-electron chi connectivity index (χ3n) is 10.2. The first-order valence-corrected chi connectivity index (χ1v) is 18.7. The first-order valence-electron chi connectivity index (χ1n) is 18.7. The topological polar surface area (TPSA) is 105 Å². The van der Waals surface area contributed by atoms with Gasteiger partial charge in [-0.3, -0.25) is 0 Å². The maximum absolute atomic E-state index is 6.38. The number of hydrogen-bond acceptors (Lipinski definition) is 6. The average molecular weight is 693 g/mol. The van der Waals surface area contributed by atoms with Crippen molar-refractivity contribution in [2.24, 2.45) is 10.7 Å². The highest BCUT2D eigenvalue weighted by Crippen LogP contribution is 2.30. The number of benzene rings is 4. The van der Waals surface area contributed by atoms with Gasteiger partial charge in [0.05, 0.1) is 11.4 Å². The van der Waals surface area contributed by atoms with E-state index in [4.69, 9.17) is 21.4 Å². The van der Waals surface area contributed by atoms with Crippen LogP contribution in [-0.2, 0) is 0 Å². The first-order chi connectivity index (χ1) is 25.1. The molecule has 0 spiro atoms. The largest absolute Gasteiger partial charge is 0.398 e. The van der Waals surface area contributed by atoms with Crippen LogP contribution in [0.3, 0.4) is 0 Å². The summed E-state index contributed by atoms with van der Waals surface area (Å²) in [6.45, 7) is 16.5. The van der Waals surface area contributed by atoms with Gasteiger partial charge in [-0.15, -0.1) is 4.57 Å². The molecule has 6 N–H and O–H groups in total. The molecule has 1 aliphatic rings. The monoisotopic (exact) mass is 692 g/mol. The minimum atomic E-state index is 0.754. The molecule has 0 saturated carbocycles. The Bertz CT molecular complexity index is 2210.